The molecule has 0 atom stereocenters. The summed E-state index contributed by atoms with van der Waals surface area (Å²) >= 11 is 0. The number of hydrogen-bond donors (Lipinski definition) is 0. The van der Waals surface area contributed by atoms with E-state index in [0.29, 0.717) is 0 Å². The van der Waals surface area contributed by atoms with Crippen molar-refractivity contribution >= 4 is 49.4 Å². The van der Waals surface area contributed by atoms with Crippen LogP contribution in [0.2, 0.25) is 0 Å². The quantitative estimate of drug-likeness (QED) is 0.174. The molecular weight excluding hydrogens is 555 g/mol. The molecule has 8 aromatic carbocycles. The highest BCUT2D eigenvalue weighted by molar-refractivity contribution is 6.25. The second-order valence-corrected chi connectivity index (χ2v) is 12.6. The molecule has 0 amide bonds. The first-order valence-corrected chi connectivity index (χ1v) is 16.0. The molecule has 8 rings (SSSR count). The van der Waals surface area contributed by atoms with Crippen molar-refractivity contribution < 1.29 is 0 Å². The first kappa shape index (κ1) is 27.9. The molecule has 0 heterocycles. The molecule has 1 nitrogen and oxygen atoms in total. The molecule has 0 aliphatic rings. The molecule has 0 saturated carbocycles. The lowest BCUT2D eigenvalue weighted by Gasteiger charge is -2.29. The van der Waals surface area contributed by atoms with Crippen molar-refractivity contribution in [3.05, 3.63) is 187 Å². The molecule has 0 aliphatic carbocycles. The molecule has 0 aliphatic heterocycles. The maximum absolute atomic E-state index is 2.42. The van der Waals surface area contributed by atoms with Crippen molar-refractivity contribution in [3.63, 3.8) is 0 Å². The average Bonchev–Trinajstić information content (AvgIpc) is 3.13. The third-order valence-electron chi connectivity index (χ3n) is 9.56. The first-order chi connectivity index (χ1) is 22.6. The summed E-state index contributed by atoms with van der Waals surface area (Å²) in [6, 6.07) is 63.8. The van der Waals surface area contributed by atoms with Gasteiger partial charge in [-0.3, -0.25) is 0 Å². The van der Waals surface area contributed by atoms with Crippen LogP contribution in [0.4, 0.5) is 17.1 Å². The van der Waals surface area contributed by atoms with Crippen LogP contribution in [0, 0.1) is 0 Å². The summed E-state index contributed by atoms with van der Waals surface area (Å²) in [7, 11) is 0. The fourth-order valence-corrected chi connectivity index (χ4v) is 6.95. The number of nitrogens with zero attached hydrogens (tertiary/aromatic N) is 1. The zero-order chi connectivity index (χ0) is 31.1. The molecule has 0 radical (unpaired) electrons. The number of rotatable bonds is 6. The van der Waals surface area contributed by atoms with Gasteiger partial charge in [-0.1, -0.05) is 147 Å². The van der Waals surface area contributed by atoms with Gasteiger partial charge >= 0.3 is 0 Å². The minimum absolute atomic E-state index is 0.186. The molecule has 0 fully saturated rings. The van der Waals surface area contributed by atoms with Crippen molar-refractivity contribution in [1.82, 2.24) is 0 Å². The molecule has 0 bridgehead atoms. The number of benzene rings is 8. The lowest BCUT2D eigenvalue weighted by Crippen LogP contribution is -2.19. The van der Waals surface area contributed by atoms with Crippen LogP contribution in [-0.4, -0.2) is 0 Å². The summed E-state index contributed by atoms with van der Waals surface area (Å²) in [5, 5.41) is 7.85. The Bertz CT molecular complexity index is 2260. The van der Waals surface area contributed by atoms with Gasteiger partial charge < -0.3 is 4.90 Å². The van der Waals surface area contributed by atoms with Crippen LogP contribution >= 0.6 is 0 Å². The molecule has 0 spiro atoms. The summed E-state index contributed by atoms with van der Waals surface area (Å²) in [4.78, 5) is 2.33. The van der Waals surface area contributed by atoms with Crippen LogP contribution in [0.1, 0.15) is 25.0 Å². The van der Waals surface area contributed by atoms with Gasteiger partial charge in [0.2, 0.25) is 0 Å². The first-order valence-electron chi connectivity index (χ1n) is 16.0. The van der Waals surface area contributed by atoms with Gasteiger partial charge in [0.25, 0.3) is 0 Å². The highest BCUT2D eigenvalue weighted by atomic mass is 15.1. The Morgan fingerprint density at radius 3 is 1.28 bits per heavy atom. The van der Waals surface area contributed by atoms with Gasteiger partial charge in [0.05, 0.1) is 0 Å². The third kappa shape index (κ3) is 4.82. The fraction of sp³-hybridized carbons (Fsp3) is 0.0667. The van der Waals surface area contributed by atoms with Gasteiger partial charge in [-0.15, -0.1) is 0 Å². The van der Waals surface area contributed by atoms with Gasteiger partial charge in [0, 0.05) is 22.5 Å². The molecule has 0 saturated heterocycles. The SMILES string of the molecule is CC(C)(c1ccc(N(c2ccccc2)c2ccc(-c3ccccc3)cc2)cc1)c1ccc2c3ccccc3c3ccccc3c2c1. The number of anilines is 3. The van der Waals surface area contributed by atoms with Crippen LogP contribution in [0.15, 0.2) is 176 Å². The Morgan fingerprint density at radius 2 is 0.717 bits per heavy atom. The highest BCUT2D eigenvalue weighted by Crippen LogP contribution is 2.41. The Labute approximate surface area is 271 Å². The number of para-hydroxylation sites is 1. The summed E-state index contributed by atoms with van der Waals surface area (Å²) in [6.45, 7) is 4.67. The normalized spacial score (nSPS) is 11.7. The predicted molar refractivity (Wildman–Crippen MR) is 198 cm³/mol. The predicted octanol–water partition coefficient (Wildman–Crippen LogP) is 12.6. The fourth-order valence-electron chi connectivity index (χ4n) is 6.95. The van der Waals surface area contributed by atoms with Crippen LogP contribution in [0.5, 0.6) is 0 Å². The molecule has 8 aromatic rings. The Morgan fingerprint density at radius 1 is 0.326 bits per heavy atom. The van der Waals surface area contributed by atoms with E-state index < -0.39 is 0 Å². The lowest BCUT2D eigenvalue weighted by atomic mass is 9.77. The summed E-state index contributed by atoms with van der Waals surface area (Å²) < 4.78 is 0. The molecule has 0 unspecified atom stereocenters. The van der Waals surface area contributed by atoms with Crippen molar-refractivity contribution in [2.45, 2.75) is 19.3 Å². The standard InChI is InChI=1S/C45H35N/c1-45(2,35-25-30-43-41-19-10-9-17-39(41)40-18-11-12-20-42(40)44(43)31-35)34-23-28-38(29-24-34)46(36-15-7-4-8-16-36)37-26-21-33(22-27-37)32-13-5-3-6-14-32/h3-31H,1-2H3. The monoisotopic (exact) mass is 589 g/mol. The smallest absolute Gasteiger partial charge is 0.0462 e. The third-order valence-corrected chi connectivity index (χ3v) is 9.56. The second kappa shape index (κ2) is 11.4. The molecule has 220 valence electrons. The van der Waals surface area contributed by atoms with Crippen LogP contribution < -0.4 is 4.90 Å². The van der Waals surface area contributed by atoms with Crippen LogP contribution in [0.25, 0.3) is 43.4 Å². The summed E-state index contributed by atoms with van der Waals surface area (Å²) in [5.74, 6) is 0. The van der Waals surface area contributed by atoms with Gasteiger partial charge in [-0.05, 0) is 97.0 Å². The molecular formula is C45H35N. The number of fused-ring (bicyclic) bond motifs is 6. The Hall–Kier alpha value is -5.66. The highest BCUT2D eigenvalue weighted by Gasteiger charge is 2.25. The van der Waals surface area contributed by atoms with E-state index in [0.717, 1.165) is 17.1 Å². The zero-order valence-electron chi connectivity index (χ0n) is 26.2. The minimum Gasteiger partial charge on any atom is -0.311 e. The molecule has 0 N–H and O–H groups in total. The molecule has 0 aromatic heterocycles. The van der Waals surface area contributed by atoms with Crippen molar-refractivity contribution in [1.29, 1.82) is 0 Å². The van der Waals surface area contributed by atoms with Crippen molar-refractivity contribution in [2.75, 3.05) is 4.90 Å². The van der Waals surface area contributed by atoms with Gasteiger partial charge in [0.15, 0.2) is 0 Å². The second-order valence-electron chi connectivity index (χ2n) is 12.6. The Kier molecular flexibility index (Phi) is 6.88. The van der Waals surface area contributed by atoms with E-state index in [-0.39, 0.29) is 5.41 Å². The van der Waals surface area contributed by atoms with Crippen LogP contribution in [-0.2, 0) is 5.41 Å². The lowest BCUT2D eigenvalue weighted by molar-refractivity contribution is 0.642. The molecule has 1 heteroatoms. The molecule has 46 heavy (non-hydrogen) atoms. The van der Waals surface area contributed by atoms with E-state index >= 15 is 0 Å². The van der Waals surface area contributed by atoms with Gasteiger partial charge in [0.1, 0.15) is 0 Å². The number of hydrogen-bond acceptors (Lipinski definition) is 1. The minimum atomic E-state index is -0.186. The Balaban J connectivity index is 1.18. The van der Waals surface area contributed by atoms with Gasteiger partial charge in [-0.2, -0.15) is 0 Å². The maximum Gasteiger partial charge on any atom is 0.0462 e. The topological polar surface area (TPSA) is 3.24 Å². The maximum atomic E-state index is 2.42. The van der Waals surface area contributed by atoms with E-state index in [9.17, 15) is 0 Å². The van der Waals surface area contributed by atoms with E-state index in [1.54, 1.807) is 0 Å². The zero-order valence-corrected chi connectivity index (χ0v) is 26.2. The van der Waals surface area contributed by atoms with Crippen molar-refractivity contribution in [2.24, 2.45) is 0 Å². The summed E-state index contributed by atoms with van der Waals surface area (Å²) in [6.07, 6.45) is 0. The average molecular weight is 590 g/mol. The van der Waals surface area contributed by atoms with Crippen LogP contribution in [0.3, 0.4) is 0 Å². The van der Waals surface area contributed by atoms with E-state index in [2.05, 4.69) is 195 Å². The van der Waals surface area contributed by atoms with Crippen molar-refractivity contribution in [3.8, 4) is 11.1 Å². The summed E-state index contributed by atoms with van der Waals surface area (Å²) in [5.41, 5.74) is 8.25. The van der Waals surface area contributed by atoms with E-state index in [1.807, 2.05) is 0 Å². The largest absolute Gasteiger partial charge is 0.311 e. The van der Waals surface area contributed by atoms with E-state index in [1.165, 1.54) is 54.6 Å². The van der Waals surface area contributed by atoms with E-state index in [4.69, 9.17) is 0 Å². The van der Waals surface area contributed by atoms with Gasteiger partial charge in [-0.25, -0.2) is 0 Å².